The van der Waals surface area contributed by atoms with E-state index in [0.717, 1.165) is 23.3 Å². The van der Waals surface area contributed by atoms with E-state index in [0.29, 0.717) is 43.3 Å². The van der Waals surface area contributed by atoms with E-state index in [2.05, 4.69) is 9.62 Å². The lowest BCUT2D eigenvalue weighted by Gasteiger charge is -2.35. The number of amides is 1. The highest BCUT2D eigenvalue weighted by Crippen LogP contribution is 2.27. The summed E-state index contributed by atoms with van der Waals surface area (Å²) in [5.41, 5.74) is 1.37. The molecule has 3 rings (SSSR count). The molecule has 158 valence electrons. The number of hydrogen-bond donors (Lipinski definition) is 1. The molecule has 0 unspecified atom stereocenters. The van der Waals surface area contributed by atoms with Crippen molar-refractivity contribution in [3.8, 4) is 11.5 Å². The van der Waals surface area contributed by atoms with Crippen LogP contribution in [0, 0.1) is 0 Å². The summed E-state index contributed by atoms with van der Waals surface area (Å²) in [6.45, 7) is 3.27. The minimum absolute atomic E-state index is 0.148. The Bertz CT molecular complexity index is 966. The van der Waals surface area contributed by atoms with E-state index in [1.807, 2.05) is 18.2 Å². The van der Waals surface area contributed by atoms with E-state index in [9.17, 15) is 13.2 Å². The number of ether oxygens (including phenoxy) is 2. The second-order valence-corrected chi connectivity index (χ2v) is 9.45. The molecular formula is C19H25N3O5S2. The molecule has 29 heavy (non-hydrogen) atoms. The van der Waals surface area contributed by atoms with Gasteiger partial charge in [-0.25, -0.2) is 8.42 Å². The zero-order chi connectivity index (χ0) is 21.0. The summed E-state index contributed by atoms with van der Waals surface area (Å²) in [6, 6.07) is 7.33. The Kier molecular flexibility index (Phi) is 6.66. The minimum atomic E-state index is -3.43. The number of thiophene rings is 1. The third kappa shape index (κ3) is 5.40. The van der Waals surface area contributed by atoms with Crippen molar-refractivity contribution < 1.29 is 22.7 Å². The van der Waals surface area contributed by atoms with E-state index in [1.54, 1.807) is 30.6 Å². The van der Waals surface area contributed by atoms with Gasteiger partial charge in [0.15, 0.2) is 0 Å². The lowest BCUT2D eigenvalue weighted by atomic mass is 10.1. The van der Waals surface area contributed by atoms with Crippen LogP contribution in [0.3, 0.4) is 0 Å². The Balaban J connectivity index is 1.63. The Morgan fingerprint density at radius 3 is 2.48 bits per heavy atom. The molecule has 2 heterocycles. The number of carbonyl (C=O) groups excluding carboxylic acids is 1. The molecule has 0 saturated carbocycles. The van der Waals surface area contributed by atoms with Crippen LogP contribution in [-0.2, 0) is 16.6 Å². The molecule has 1 N–H and O–H groups in total. The SMILES string of the molecule is COc1ccc(OC)c(CN2CCN(C(=O)c3sccc3NS(C)(=O)=O)CC2)c1. The van der Waals surface area contributed by atoms with Crippen molar-refractivity contribution >= 4 is 33.0 Å². The fourth-order valence-electron chi connectivity index (χ4n) is 3.25. The van der Waals surface area contributed by atoms with Crippen LogP contribution in [0.25, 0.3) is 0 Å². The molecule has 1 saturated heterocycles. The van der Waals surface area contributed by atoms with Crippen LogP contribution in [-0.4, -0.2) is 70.8 Å². The lowest BCUT2D eigenvalue weighted by molar-refractivity contribution is 0.0633. The Morgan fingerprint density at radius 2 is 1.86 bits per heavy atom. The van der Waals surface area contributed by atoms with Gasteiger partial charge in [-0.05, 0) is 29.6 Å². The molecule has 8 nitrogen and oxygen atoms in total. The van der Waals surface area contributed by atoms with Crippen LogP contribution in [0.5, 0.6) is 11.5 Å². The topological polar surface area (TPSA) is 88.2 Å². The number of anilines is 1. The molecule has 1 fully saturated rings. The molecule has 0 bridgehead atoms. The summed E-state index contributed by atoms with van der Waals surface area (Å²) in [6.07, 6.45) is 1.07. The first-order valence-corrected chi connectivity index (χ1v) is 11.9. The van der Waals surface area contributed by atoms with Gasteiger partial charge in [-0.15, -0.1) is 11.3 Å². The van der Waals surface area contributed by atoms with Gasteiger partial charge in [0.2, 0.25) is 10.0 Å². The molecule has 0 spiro atoms. The van der Waals surface area contributed by atoms with Gasteiger partial charge in [0.1, 0.15) is 16.4 Å². The second kappa shape index (κ2) is 9.02. The first kappa shape index (κ1) is 21.4. The maximum atomic E-state index is 12.9. The minimum Gasteiger partial charge on any atom is -0.497 e. The molecule has 1 aromatic heterocycles. The lowest BCUT2D eigenvalue weighted by Crippen LogP contribution is -2.48. The summed E-state index contributed by atoms with van der Waals surface area (Å²) < 4.78 is 36.2. The number of piperazine rings is 1. The highest BCUT2D eigenvalue weighted by atomic mass is 32.2. The van der Waals surface area contributed by atoms with Crippen molar-refractivity contribution in [3.63, 3.8) is 0 Å². The van der Waals surface area contributed by atoms with Gasteiger partial charge in [-0.2, -0.15) is 0 Å². The van der Waals surface area contributed by atoms with Gasteiger partial charge in [0, 0.05) is 38.3 Å². The molecule has 0 atom stereocenters. The summed E-state index contributed by atoms with van der Waals surface area (Å²) in [5.74, 6) is 1.43. The van der Waals surface area contributed by atoms with Crippen molar-refractivity contribution in [2.45, 2.75) is 6.54 Å². The van der Waals surface area contributed by atoms with E-state index in [1.165, 1.54) is 11.3 Å². The van der Waals surface area contributed by atoms with Crippen molar-refractivity contribution in [3.05, 3.63) is 40.1 Å². The Morgan fingerprint density at radius 1 is 1.14 bits per heavy atom. The van der Waals surface area contributed by atoms with Gasteiger partial charge in [0.05, 0.1) is 26.2 Å². The zero-order valence-electron chi connectivity index (χ0n) is 16.7. The van der Waals surface area contributed by atoms with Gasteiger partial charge in [-0.1, -0.05) is 0 Å². The molecule has 0 aliphatic carbocycles. The summed E-state index contributed by atoms with van der Waals surface area (Å²) in [5, 5.41) is 1.71. The standard InChI is InChI=1S/C19H25N3O5S2/c1-26-15-4-5-17(27-2)14(12-15)13-21-7-9-22(10-8-21)19(23)18-16(6-11-28-18)20-29(3,24)25/h4-6,11-12,20H,7-10,13H2,1-3H3. The molecule has 1 amide bonds. The molecule has 0 radical (unpaired) electrons. The maximum absolute atomic E-state index is 12.9. The average Bonchev–Trinajstić information content (AvgIpc) is 3.14. The van der Waals surface area contributed by atoms with Crippen molar-refractivity contribution in [2.75, 3.05) is 51.4 Å². The van der Waals surface area contributed by atoms with Crippen LogP contribution < -0.4 is 14.2 Å². The molecule has 1 aromatic carbocycles. The van der Waals surface area contributed by atoms with E-state index in [-0.39, 0.29) is 5.91 Å². The molecule has 1 aliphatic heterocycles. The number of methoxy groups -OCH3 is 2. The Hall–Kier alpha value is -2.30. The first-order chi connectivity index (χ1) is 13.8. The monoisotopic (exact) mass is 439 g/mol. The molecule has 2 aromatic rings. The second-order valence-electron chi connectivity index (χ2n) is 6.78. The van der Waals surface area contributed by atoms with E-state index < -0.39 is 10.0 Å². The van der Waals surface area contributed by atoms with E-state index >= 15 is 0 Å². The number of nitrogens with zero attached hydrogens (tertiary/aromatic N) is 2. The van der Waals surface area contributed by atoms with Crippen molar-refractivity contribution in [1.29, 1.82) is 0 Å². The van der Waals surface area contributed by atoms with Crippen molar-refractivity contribution in [2.24, 2.45) is 0 Å². The third-order valence-corrected chi connectivity index (χ3v) is 6.19. The smallest absolute Gasteiger partial charge is 0.266 e. The van der Waals surface area contributed by atoms with Gasteiger partial charge >= 0.3 is 0 Å². The highest BCUT2D eigenvalue weighted by Gasteiger charge is 2.26. The molecule has 1 aliphatic rings. The number of carbonyl (C=O) groups is 1. The number of nitrogens with one attached hydrogen (secondary N) is 1. The van der Waals surface area contributed by atoms with Crippen LogP contribution in [0.1, 0.15) is 15.2 Å². The molecular weight excluding hydrogens is 414 g/mol. The summed E-state index contributed by atoms with van der Waals surface area (Å²) in [4.78, 5) is 17.3. The largest absolute Gasteiger partial charge is 0.497 e. The van der Waals surface area contributed by atoms with Crippen LogP contribution >= 0.6 is 11.3 Å². The predicted octanol–water partition coefficient (Wildman–Crippen LogP) is 2.09. The number of sulfonamides is 1. The predicted molar refractivity (Wildman–Crippen MR) is 114 cm³/mol. The number of hydrogen-bond acceptors (Lipinski definition) is 7. The third-order valence-electron chi connectivity index (χ3n) is 4.70. The number of rotatable bonds is 7. The summed E-state index contributed by atoms with van der Waals surface area (Å²) in [7, 11) is -0.158. The van der Waals surface area contributed by atoms with Crippen molar-refractivity contribution in [1.82, 2.24) is 9.80 Å². The summed E-state index contributed by atoms with van der Waals surface area (Å²) >= 11 is 1.24. The zero-order valence-corrected chi connectivity index (χ0v) is 18.3. The maximum Gasteiger partial charge on any atom is 0.266 e. The highest BCUT2D eigenvalue weighted by molar-refractivity contribution is 7.92. The number of benzene rings is 1. The Labute approximate surface area is 175 Å². The first-order valence-electron chi connectivity index (χ1n) is 9.08. The fraction of sp³-hybridized carbons (Fsp3) is 0.421. The van der Waals surface area contributed by atoms with Gasteiger partial charge in [0.25, 0.3) is 5.91 Å². The van der Waals surface area contributed by atoms with E-state index in [4.69, 9.17) is 9.47 Å². The fourth-order valence-corrected chi connectivity index (χ4v) is 4.70. The van der Waals surface area contributed by atoms with Gasteiger partial charge < -0.3 is 14.4 Å². The van der Waals surface area contributed by atoms with Crippen LogP contribution in [0.15, 0.2) is 29.6 Å². The molecule has 10 heteroatoms. The van der Waals surface area contributed by atoms with Gasteiger partial charge in [-0.3, -0.25) is 14.4 Å². The van der Waals surface area contributed by atoms with Crippen LogP contribution in [0.4, 0.5) is 5.69 Å². The average molecular weight is 440 g/mol. The normalized spacial score (nSPS) is 15.2. The quantitative estimate of drug-likeness (QED) is 0.711. The van der Waals surface area contributed by atoms with Crippen LogP contribution in [0.2, 0.25) is 0 Å².